The summed E-state index contributed by atoms with van der Waals surface area (Å²) >= 11 is 7.51. The Kier molecular flexibility index (Phi) is 4.39. The smallest absolute Gasteiger partial charge is 0.223 e. The van der Waals surface area contributed by atoms with Crippen LogP contribution in [0.25, 0.3) is 11.3 Å². The quantitative estimate of drug-likeness (QED) is 0.788. The van der Waals surface area contributed by atoms with Crippen LogP contribution in [0.5, 0.6) is 0 Å². The van der Waals surface area contributed by atoms with Gasteiger partial charge in [-0.3, -0.25) is 0 Å². The molecule has 0 spiro atoms. The van der Waals surface area contributed by atoms with Crippen LogP contribution < -0.4 is 10.6 Å². The minimum absolute atomic E-state index is 0.495. The molecule has 4 rings (SSSR count). The Balaban J connectivity index is 1.58. The lowest BCUT2D eigenvalue weighted by Gasteiger charge is -2.09. The molecule has 0 atom stereocenters. The summed E-state index contributed by atoms with van der Waals surface area (Å²) in [5.74, 6) is 3.39. The summed E-state index contributed by atoms with van der Waals surface area (Å²) in [4.78, 5) is 8.83. The van der Waals surface area contributed by atoms with Gasteiger partial charge in [0.15, 0.2) is 0 Å². The van der Waals surface area contributed by atoms with Gasteiger partial charge in [0.1, 0.15) is 0 Å². The molecule has 124 valence electrons. The molecule has 2 aromatic rings. The van der Waals surface area contributed by atoms with E-state index in [-0.39, 0.29) is 0 Å². The molecule has 1 saturated carbocycles. The van der Waals surface area contributed by atoms with Gasteiger partial charge in [0, 0.05) is 22.7 Å². The number of hydrogen-bond donors (Lipinski definition) is 2. The van der Waals surface area contributed by atoms with Crippen LogP contribution in [0.3, 0.4) is 0 Å². The Morgan fingerprint density at radius 2 is 2.08 bits per heavy atom. The van der Waals surface area contributed by atoms with Crippen molar-refractivity contribution in [1.29, 1.82) is 0 Å². The Labute approximate surface area is 155 Å². The van der Waals surface area contributed by atoms with E-state index in [4.69, 9.17) is 18.0 Å². The fraction of sp³-hybridized carbons (Fsp3) is 0.158. The highest BCUT2D eigenvalue weighted by Gasteiger charge is 2.22. The van der Waals surface area contributed by atoms with E-state index in [1.54, 1.807) is 18.0 Å². The number of aromatic nitrogens is 2. The Morgan fingerprint density at radius 1 is 1.28 bits per heavy atom. The zero-order chi connectivity index (χ0) is 17.2. The number of benzene rings is 1. The van der Waals surface area contributed by atoms with Crippen LogP contribution in [0, 0.1) is 12.3 Å². The number of nitrogens with zero attached hydrogens (tertiary/aromatic N) is 2. The highest BCUT2D eigenvalue weighted by atomic mass is 35.5. The second-order valence-electron chi connectivity index (χ2n) is 5.81. The first-order valence-corrected chi connectivity index (χ1v) is 9.19. The molecule has 1 aliphatic heterocycles. The summed E-state index contributed by atoms with van der Waals surface area (Å²) in [6.07, 6.45) is 9.84. The number of allylic oxidation sites excluding steroid dienone is 1. The van der Waals surface area contributed by atoms with Gasteiger partial charge in [-0.15, -0.1) is 6.42 Å². The van der Waals surface area contributed by atoms with Crippen molar-refractivity contribution in [2.75, 3.05) is 5.32 Å². The minimum atomic E-state index is 0.495. The molecule has 1 aliphatic carbocycles. The molecular formula is C19H15ClN4S. The fourth-order valence-electron chi connectivity index (χ4n) is 2.42. The summed E-state index contributed by atoms with van der Waals surface area (Å²) in [6.45, 7) is 0. The summed E-state index contributed by atoms with van der Waals surface area (Å²) in [6, 6.07) is 10.0. The average Bonchev–Trinajstić information content (AvgIpc) is 3.31. The summed E-state index contributed by atoms with van der Waals surface area (Å²) in [5.41, 5.74) is 3.52. The molecule has 1 aromatic carbocycles. The van der Waals surface area contributed by atoms with Crippen molar-refractivity contribution in [2.24, 2.45) is 0 Å². The molecule has 0 radical (unpaired) electrons. The number of thioether (sulfide) groups is 1. The first-order chi connectivity index (χ1) is 12.2. The third-order valence-electron chi connectivity index (χ3n) is 3.89. The van der Waals surface area contributed by atoms with Crippen molar-refractivity contribution in [1.82, 2.24) is 15.3 Å². The first kappa shape index (κ1) is 16.1. The molecule has 4 nitrogen and oxygen atoms in total. The average molecular weight is 367 g/mol. The molecule has 0 amide bonds. The third-order valence-corrected chi connectivity index (χ3v) is 5.04. The van der Waals surface area contributed by atoms with Gasteiger partial charge in [-0.1, -0.05) is 41.4 Å². The molecule has 0 unspecified atom stereocenters. The molecular weight excluding hydrogens is 352 g/mol. The van der Waals surface area contributed by atoms with Gasteiger partial charge in [0.2, 0.25) is 5.95 Å². The monoisotopic (exact) mass is 366 g/mol. The van der Waals surface area contributed by atoms with Crippen molar-refractivity contribution < 1.29 is 0 Å². The lowest BCUT2D eigenvalue weighted by Crippen LogP contribution is -2.09. The van der Waals surface area contributed by atoms with E-state index in [9.17, 15) is 0 Å². The molecule has 1 aromatic heterocycles. The van der Waals surface area contributed by atoms with Crippen LogP contribution in [0.1, 0.15) is 24.1 Å². The number of rotatable bonds is 4. The molecule has 0 saturated heterocycles. The third kappa shape index (κ3) is 3.65. The maximum absolute atomic E-state index is 5.95. The van der Waals surface area contributed by atoms with Gasteiger partial charge in [-0.25, -0.2) is 9.97 Å². The van der Waals surface area contributed by atoms with Gasteiger partial charge in [-0.05, 0) is 36.6 Å². The number of nitrogens with one attached hydrogen (secondary N) is 2. The van der Waals surface area contributed by atoms with Crippen LogP contribution >= 0.6 is 23.4 Å². The highest BCUT2D eigenvalue weighted by molar-refractivity contribution is 8.06. The van der Waals surface area contributed by atoms with Crippen LogP contribution in [0.4, 0.5) is 5.95 Å². The fourth-order valence-corrected chi connectivity index (χ4v) is 3.43. The second kappa shape index (κ2) is 6.83. The van der Waals surface area contributed by atoms with E-state index >= 15 is 0 Å². The number of anilines is 1. The molecule has 2 aliphatic rings. The van der Waals surface area contributed by atoms with Crippen LogP contribution in [-0.4, -0.2) is 16.0 Å². The van der Waals surface area contributed by atoms with E-state index < -0.39 is 0 Å². The molecule has 0 bridgehead atoms. The van der Waals surface area contributed by atoms with E-state index in [0.717, 1.165) is 27.6 Å². The summed E-state index contributed by atoms with van der Waals surface area (Å²) in [5, 5.41) is 10.3. The number of hydrogen-bond acceptors (Lipinski definition) is 5. The van der Waals surface area contributed by atoms with E-state index in [2.05, 4.69) is 26.5 Å². The maximum atomic E-state index is 5.95. The first-order valence-electron chi connectivity index (χ1n) is 7.93. The summed E-state index contributed by atoms with van der Waals surface area (Å²) in [7, 11) is 0. The van der Waals surface area contributed by atoms with Gasteiger partial charge < -0.3 is 10.6 Å². The standard InChI is InChI=1S/C19H15ClN4S/c1-2-15(16-9-10-21-19(24-16)22-14-7-8-14)18-23-17(11-25-18)12-3-5-13(20)6-4-12/h1,3-6,9-11,14,23H,7-8H2,(H,21,22,24)/b18-15-. The minimum Gasteiger partial charge on any atom is -0.351 e. The van der Waals surface area contributed by atoms with Crippen LogP contribution in [-0.2, 0) is 0 Å². The van der Waals surface area contributed by atoms with Gasteiger partial charge >= 0.3 is 0 Å². The Morgan fingerprint density at radius 3 is 2.80 bits per heavy atom. The van der Waals surface area contributed by atoms with E-state index in [0.29, 0.717) is 17.0 Å². The summed E-state index contributed by atoms with van der Waals surface area (Å²) < 4.78 is 0. The van der Waals surface area contributed by atoms with Crippen LogP contribution in [0.2, 0.25) is 5.02 Å². The van der Waals surface area contributed by atoms with Crippen molar-refractivity contribution in [3.8, 4) is 12.3 Å². The van der Waals surface area contributed by atoms with Crippen molar-refractivity contribution >= 4 is 40.6 Å². The van der Waals surface area contributed by atoms with Gasteiger partial charge in [0.25, 0.3) is 0 Å². The molecule has 2 heterocycles. The number of terminal acetylenes is 1. The maximum Gasteiger partial charge on any atom is 0.223 e. The van der Waals surface area contributed by atoms with Gasteiger partial charge in [0.05, 0.1) is 22.0 Å². The zero-order valence-electron chi connectivity index (χ0n) is 13.3. The predicted molar refractivity (Wildman–Crippen MR) is 105 cm³/mol. The van der Waals surface area contributed by atoms with Crippen LogP contribution in [0.15, 0.2) is 47.0 Å². The second-order valence-corrected chi connectivity index (χ2v) is 7.13. The van der Waals surface area contributed by atoms with Crippen molar-refractivity contribution in [3.05, 3.63) is 63.2 Å². The normalized spacial score (nSPS) is 18.2. The largest absolute Gasteiger partial charge is 0.351 e. The topological polar surface area (TPSA) is 49.8 Å². The lowest BCUT2D eigenvalue weighted by atomic mass is 10.1. The van der Waals surface area contributed by atoms with Gasteiger partial charge in [-0.2, -0.15) is 0 Å². The highest BCUT2D eigenvalue weighted by Crippen LogP contribution is 2.35. The Bertz CT molecular complexity index is 908. The molecule has 1 fully saturated rings. The van der Waals surface area contributed by atoms with Crippen molar-refractivity contribution in [2.45, 2.75) is 18.9 Å². The van der Waals surface area contributed by atoms with Crippen molar-refractivity contribution in [3.63, 3.8) is 0 Å². The SMILES string of the molecule is C#C/C(=C1\NC(c2ccc(Cl)cc2)=CS1)c1ccnc(NC2CC2)n1. The van der Waals surface area contributed by atoms with E-state index in [1.807, 2.05) is 35.7 Å². The molecule has 2 N–H and O–H groups in total. The predicted octanol–water partition coefficient (Wildman–Crippen LogP) is 4.34. The number of halogens is 1. The molecule has 6 heteroatoms. The zero-order valence-corrected chi connectivity index (χ0v) is 14.9. The van der Waals surface area contributed by atoms with E-state index in [1.165, 1.54) is 12.8 Å². The molecule has 25 heavy (non-hydrogen) atoms. The Hall–Kier alpha value is -2.42. The lowest BCUT2D eigenvalue weighted by molar-refractivity contribution is 1.04.